The number of primary amides is 1. The summed E-state index contributed by atoms with van der Waals surface area (Å²) in [6.07, 6.45) is -1.45. The highest BCUT2D eigenvalue weighted by Gasteiger charge is 2.39. The van der Waals surface area contributed by atoms with E-state index in [1.54, 1.807) is 12.1 Å². The van der Waals surface area contributed by atoms with Crippen LogP contribution in [0.4, 0.5) is 4.79 Å². The van der Waals surface area contributed by atoms with Crippen molar-refractivity contribution in [1.82, 2.24) is 10.2 Å². The number of nitrogens with two attached hydrogens (primary N) is 1. The van der Waals surface area contributed by atoms with Gasteiger partial charge < -0.3 is 25.3 Å². The van der Waals surface area contributed by atoms with Gasteiger partial charge in [-0.15, -0.1) is 0 Å². The lowest BCUT2D eigenvalue weighted by Crippen LogP contribution is -2.60. The fourth-order valence-corrected chi connectivity index (χ4v) is 4.36. The van der Waals surface area contributed by atoms with Gasteiger partial charge in [0.2, 0.25) is 12.1 Å². The SMILES string of the molecule is CC(C)C[C@@H](C=O)N(C(=O)[C@H](Cc1ccccc1)NC(=O)OCc1ccccc1)C(OCc1ccccc1)C(N)=O. The minimum Gasteiger partial charge on any atom is -0.445 e. The van der Waals surface area contributed by atoms with Crippen molar-refractivity contribution in [2.75, 3.05) is 0 Å². The lowest BCUT2D eigenvalue weighted by molar-refractivity contribution is -0.166. The zero-order valence-electron chi connectivity index (χ0n) is 23.3. The summed E-state index contributed by atoms with van der Waals surface area (Å²) in [5.74, 6) is -1.63. The van der Waals surface area contributed by atoms with E-state index in [-0.39, 0.29) is 32.0 Å². The number of alkyl carbamates (subject to hydrolysis) is 1. The first-order chi connectivity index (χ1) is 19.8. The number of carbonyl (C=O) groups is 4. The van der Waals surface area contributed by atoms with Crippen molar-refractivity contribution in [3.8, 4) is 0 Å². The molecule has 0 aliphatic heterocycles. The summed E-state index contributed by atoms with van der Waals surface area (Å²) in [6, 6.07) is 25.0. The van der Waals surface area contributed by atoms with Gasteiger partial charge in [-0.05, 0) is 29.0 Å². The largest absolute Gasteiger partial charge is 0.445 e. The molecule has 3 amide bonds. The van der Waals surface area contributed by atoms with E-state index in [2.05, 4.69) is 5.32 Å². The molecule has 0 radical (unpaired) electrons. The predicted octanol–water partition coefficient (Wildman–Crippen LogP) is 3.99. The summed E-state index contributed by atoms with van der Waals surface area (Å²) in [5.41, 5.74) is 8.02. The average molecular weight is 560 g/mol. The topological polar surface area (TPSA) is 128 Å². The van der Waals surface area contributed by atoms with E-state index < -0.39 is 36.2 Å². The van der Waals surface area contributed by atoms with Crippen molar-refractivity contribution in [3.05, 3.63) is 108 Å². The molecule has 3 rings (SSSR count). The number of hydrogen-bond acceptors (Lipinski definition) is 6. The highest BCUT2D eigenvalue weighted by Crippen LogP contribution is 2.19. The van der Waals surface area contributed by atoms with Crippen molar-refractivity contribution >= 4 is 24.2 Å². The highest BCUT2D eigenvalue weighted by atomic mass is 16.5. The number of benzene rings is 3. The Hall–Kier alpha value is -4.50. The maximum atomic E-state index is 14.2. The molecule has 3 atom stereocenters. The van der Waals surface area contributed by atoms with Crippen LogP contribution >= 0.6 is 0 Å². The molecule has 0 fully saturated rings. The minimum absolute atomic E-state index is 0.000444. The Bertz CT molecular complexity index is 1250. The third kappa shape index (κ3) is 9.88. The molecule has 0 bridgehead atoms. The lowest BCUT2D eigenvalue weighted by Gasteiger charge is -2.37. The fourth-order valence-electron chi connectivity index (χ4n) is 4.36. The Morgan fingerprint density at radius 1 is 0.829 bits per heavy atom. The van der Waals surface area contributed by atoms with E-state index >= 15 is 0 Å². The van der Waals surface area contributed by atoms with Gasteiger partial charge in [-0.1, -0.05) is 105 Å². The first-order valence-electron chi connectivity index (χ1n) is 13.5. The van der Waals surface area contributed by atoms with Crippen molar-refractivity contribution in [2.24, 2.45) is 11.7 Å². The molecule has 0 saturated heterocycles. The summed E-state index contributed by atoms with van der Waals surface area (Å²) in [5, 5.41) is 2.64. The molecule has 0 heterocycles. The second-order valence-corrected chi connectivity index (χ2v) is 10.1. The molecule has 41 heavy (non-hydrogen) atoms. The van der Waals surface area contributed by atoms with E-state index in [4.69, 9.17) is 15.2 Å². The molecule has 0 aromatic heterocycles. The molecule has 9 nitrogen and oxygen atoms in total. The molecule has 0 saturated carbocycles. The Morgan fingerprint density at radius 3 is 1.83 bits per heavy atom. The second kappa shape index (κ2) is 15.9. The van der Waals surface area contributed by atoms with Crippen molar-refractivity contribution in [1.29, 1.82) is 0 Å². The number of carbonyl (C=O) groups excluding carboxylic acids is 4. The third-order valence-corrected chi connectivity index (χ3v) is 6.31. The Labute approximate surface area is 240 Å². The van der Waals surface area contributed by atoms with Gasteiger partial charge >= 0.3 is 6.09 Å². The molecule has 3 aromatic carbocycles. The molecular formula is C32H37N3O6. The molecule has 3 aromatic rings. The highest BCUT2D eigenvalue weighted by molar-refractivity contribution is 5.92. The summed E-state index contributed by atoms with van der Waals surface area (Å²) in [6.45, 7) is 3.76. The first kappa shape index (κ1) is 31.0. The molecule has 1 unspecified atom stereocenters. The third-order valence-electron chi connectivity index (χ3n) is 6.31. The number of rotatable bonds is 15. The van der Waals surface area contributed by atoms with Gasteiger partial charge in [-0.25, -0.2) is 4.79 Å². The first-order valence-corrected chi connectivity index (χ1v) is 13.5. The van der Waals surface area contributed by atoms with Crippen LogP contribution in [0.1, 0.15) is 37.0 Å². The summed E-state index contributed by atoms with van der Waals surface area (Å²) in [4.78, 5) is 53.2. The smallest absolute Gasteiger partial charge is 0.408 e. The zero-order valence-corrected chi connectivity index (χ0v) is 23.3. The van der Waals surface area contributed by atoms with Crippen LogP contribution in [0, 0.1) is 5.92 Å². The zero-order chi connectivity index (χ0) is 29.6. The van der Waals surface area contributed by atoms with E-state index in [1.165, 1.54) is 0 Å². The molecule has 3 N–H and O–H groups in total. The van der Waals surface area contributed by atoms with E-state index in [0.29, 0.717) is 6.29 Å². The summed E-state index contributed by atoms with van der Waals surface area (Å²) >= 11 is 0. The van der Waals surface area contributed by atoms with Gasteiger partial charge in [0.05, 0.1) is 12.6 Å². The van der Waals surface area contributed by atoms with Gasteiger partial charge in [-0.3, -0.25) is 14.5 Å². The number of amides is 3. The van der Waals surface area contributed by atoms with E-state index in [1.807, 2.05) is 92.7 Å². The average Bonchev–Trinajstić information content (AvgIpc) is 2.98. The van der Waals surface area contributed by atoms with Crippen LogP contribution in [0.15, 0.2) is 91.0 Å². The van der Waals surface area contributed by atoms with E-state index in [0.717, 1.165) is 21.6 Å². The van der Waals surface area contributed by atoms with Crippen molar-refractivity contribution in [2.45, 2.75) is 58.2 Å². The monoisotopic (exact) mass is 559 g/mol. The van der Waals surface area contributed by atoms with Crippen LogP contribution < -0.4 is 11.1 Å². The summed E-state index contributed by atoms with van der Waals surface area (Å²) < 4.78 is 11.3. The van der Waals surface area contributed by atoms with Gasteiger partial charge in [0.15, 0.2) is 0 Å². The molecule has 0 aliphatic rings. The van der Waals surface area contributed by atoms with Crippen LogP contribution in [0.25, 0.3) is 0 Å². The van der Waals surface area contributed by atoms with Crippen LogP contribution in [0.5, 0.6) is 0 Å². The molecule has 0 spiro atoms. The second-order valence-electron chi connectivity index (χ2n) is 10.1. The molecular weight excluding hydrogens is 522 g/mol. The molecule has 0 aliphatic carbocycles. The van der Waals surface area contributed by atoms with Gasteiger partial charge in [0, 0.05) is 6.42 Å². The quantitative estimate of drug-likeness (QED) is 0.214. The van der Waals surface area contributed by atoms with Crippen LogP contribution in [0.2, 0.25) is 0 Å². The maximum Gasteiger partial charge on any atom is 0.408 e. The summed E-state index contributed by atoms with van der Waals surface area (Å²) in [7, 11) is 0. The Balaban J connectivity index is 1.92. The molecule has 9 heteroatoms. The number of aldehydes is 1. The van der Waals surface area contributed by atoms with Gasteiger partial charge in [0.1, 0.15) is 18.9 Å². The molecule has 216 valence electrons. The van der Waals surface area contributed by atoms with Crippen LogP contribution in [-0.4, -0.2) is 47.4 Å². The normalized spacial score (nSPS) is 13.0. The Morgan fingerprint density at radius 2 is 1.34 bits per heavy atom. The van der Waals surface area contributed by atoms with Crippen molar-refractivity contribution < 1.29 is 28.7 Å². The van der Waals surface area contributed by atoms with E-state index in [9.17, 15) is 19.2 Å². The maximum absolute atomic E-state index is 14.2. The van der Waals surface area contributed by atoms with Crippen LogP contribution in [-0.2, 0) is 43.5 Å². The number of ether oxygens (including phenoxy) is 2. The number of nitrogens with one attached hydrogen (secondary N) is 1. The number of nitrogens with zero attached hydrogens (tertiary/aromatic N) is 1. The lowest BCUT2D eigenvalue weighted by atomic mass is 10.00. The van der Waals surface area contributed by atoms with Crippen LogP contribution in [0.3, 0.4) is 0 Å². The number of hydrogen-bond donors (Lipinski definition) is 2. The van der Waals surface area contributed by atoms with Crippen molar-refractivity contribution in [3.63, 3.8) is 0 Å². The van der Waals surface area contributed by atoms with Gasteiger partial charge in [0.25, 0.3) is 5.91 Å². The standard InChI is InChI=1S/C32H37N3O6/c1-23(2)18-27(20-36)35(31(29(33)37)40-21-25-14-8-4-9-15-25)30(38)28(19-24-12-6-3-7-13-24)34-32(39)41-22-26-16-10-5-11-17-26/h3-17,20,23,27-28,31H,18-19,21-22H2,1-2H3,(H2,33,37)(H,34,39)/t27-,28-,31?/m0/s1. The minimum atomic E-state index is -1.56. The Kier molecular flexibility index (Phi) is 12.1. The van der Waals surface area contributed by atoms with Gasteiger partial charge in [-0.2, -0.15) is 0 Å². The predicted molar refractivity (Wildman–Crippen MR) is 154 cm³/mol. The fraction of sp³-hybridized carbons (Fsp3) is 0.312.